The van der Waals surface area contributed by atoms with Crippen LogP contribution in [-0.2, 0) is 0 Å². The second-order valence-electron chi connectivity index (χ2n) is 4.04. The van der Waals surface area contributed by atoms with Crippen molar-refractivity contribution in [2.24, 2.45) is 0 Å². The molecular weight excluding hydrogens is 180 g/mol. The van der Waals surface area contributed by atoms with Gasteiger partial charge in [0.25, 0.3) is 0 Å². The summed E-state index contributed by atoms with van der Waals surface area (Å²) in [6.45, 7) is 2.11. The molecule has 0 saturated carbocycles. The summed E-state index contributed by atoms with van der Waals surface area (Å²) in [6.07, 6.45) is 7.29. The molecule has 1 aromatic carbocycles. The van der Waals surface area contributed by atoms with Gasteiger partial charge in [-0.15, -0.1) is 0 Å². The zero-order valence-corrected chi connectivity index (χ0v) is 9.22. The highest BCUT2D eigenvalue weighted by Crippen LogP contribution is 2.16. The highest BCUT2D eigenvalue weighted by atomic mass is 14.0. The van der Waals surface area contributed by atoms with Crippen LogP contribution in [0.5, 0.6) is 0 Å². The summed E-state index contributed by atoms with van der Waals surface area (Å²) in [5, 5.41) is 0. The molecule has 2 rings (SSSR count). The van der Waals surface area contributed by atoms with Crippen LogP contribution in [0, 0.1) is 18.8 Å². The summed E-state index contributed by atoms with van der Waals surface area (Å²) in [6, 6.07) is 8.30. The first kappa shape index (κ1) is 10.1. The lowest BCUT2D eigenvalue weighted by Crippen LogP contribution is -1.89. The van der Waals surface area contributed by atoms with Gasteiger partial charge in [-0.2, -0.15) is 0 Å². The molecule has 0 amide bonds. The Kier molecular flexibility index (Phi) is 3.25. The molecule has 0 aliphatic heterocycles. The average molecular weight is 196 g/mol. The number of allylic oxidation sites excluding steroid dienone is 2. The molecule has 0 fully saturated rings. The molecule has 0 N–H and O–H groups in total. The summed E-state index contributed by atoms with van der Waals surface area (Å²) in [7, 11) is 0. The maximum Gasteiger partial charge on any atom is 0.0278 e. The molecule has 1 aliphatic rings. The summed E-state index contributed by atoms with van der Waals surface area (Å²) in [4.78, 5) is 0. The largest absolute Gasteiger partial charge is 0.0729 e. The van der Waals surface area contributed by atoms with E-state index in [0.717, 1.165) is 5.56 Å². The van der Waals surface area contributed by atoms with Crippen molar-refractivity contribution >= 4 is 0 Å². The first-order valence-electron chi connectivity index (χ1n) is 5.63. The molecule has 0 spiro atoms. The molecule has 0 saturated heterocycles. The van der Waals surface area contributed by atoms with E-state index in [0.29, 0.717) is 0 Å². The highest BCUT2D eigenvalue weighted by Gasteiger charge is 1.99. The lowest BCUT2D eigenvalue weighted by molar-refractivity contribution is 0.715. The Bertz CT molecular complexity index is 427. The fraction of sp³-hybridized carbons (Fsp3) is 0.333. The predicted octanol–water partition coefficient (Wildman–Crippen LogP) is 3.85. The molecule has 0 unspecified atom stereocenters. The second-order valence-corrected chi connectivity index (χ2v) is 4.04. The van der Waals surface area contributed by atoms with E-state index in [2.05, 4.69) is 43.0 Å². The minimum Gasteiger partial charge on any atom is -0.0729 e. The Morgan fingerprint density at radius 1 is 1.07 bits per heavy atom. The van der Waals surface area contributed by atoms with Crippen LogP contribution in [0.2, 0.25) is 0 Å². The second kappa shape index (κ2) is 4.84. The van der Waals surface area contributed by atoms with E-state index in [-0.39, 0.29) is 0 Å². The van der Waals surface area contributed by atoms with Gasteiger partial charge in [0.05, 0.1) is 0 Å². The maximum atomic E-state index is 3.29. The average Bonchev–Trinajstić information content (AvgIpc) is 2.29. The van der Waals surface area contributed by atoms with Crippen molar-refractivity contribution < 1.29 is 0 Å². The van der Waals surface area contributed by atoms with Crippen LogP contribution in [0.15, 0.2) is 35.9 Å². The van der Waals surface area contributed by atoms with E-state index in [9.17, 15) is 0 Å². The van der Waals surface area contributed by atoms with Crippen molar-refractivity contribution in [2.75, 3.05) is 0 Å². The van der Waals surface area contributed by atoms with Crippen LogP contribution >= 0.6 is 0 Å². The van der Waals surface area contributed by atoms with Crippen LogP contribution in [0.25, 0.3) is 0 Å². The lowest BCUT2D eigenvalue weighted by Gasteiger charge is -2.05. The minimum atomic E-state index is 1.16. The first-order chi connectivity index (χ1) is 7.36. The van der Waals surface area contributed by atoms with Gasteiger partial charge in [0.1, 0.15) is 0 Å². The number of hydrogen-bond donors (Lipinski definition) is 0. The van der Waals surface area contributed by atoms with Crippen LogP contribution in [0.4, 0.5) is 0 Å². The number of benzene rings is 1. The number of rotatable bonds is 0. The Balaban J connectivity index is 2.18. The van der Waals surface area contributed by atoms with E-state index in [4.69, 9.17) is 0 Å². The van der Waals surface area contributed by atoms with Gasteiger partial charge in [0.2, 0.25) is 0 Å². The standard InChI is InChI=1S/C15H16/c1-13-7-5-6-10-15(13)12-11-14-8-3-2-4-9-14/h5-8,10H,2-4,9H2,1H3. The monoisotopic (exact) mass is 196 g/mol. The third-order valence-corrected chi connectivity index (χ3v) is 2.79. The maximum absolute atomic E-state index is 3.29. The van der Waals surface area contributed by atoms with Crippen molar-refractivity contribution in [1.29, 1.82) is 0 Å². The zero-order valence-electron chi connectivity index (χ0n) is 9.22. The van der Waals surface area contributed by atoms with Crippen molar-refractivity contribution in [2.45, 2.75) is 32.6 Å². The molecule has 0 radical (unpaired) electrons. The molecule has 0 heterocycles. The fourth-order valence-corrected chi connectivity index (χ4v) is 1.81. The van der Waals surface area contributed by atoms with Gasteiger partial charge < -0.3 is 0 Å². The van der Waals surface area contributed by atoms with E-state index in [1.807, 2.05) is 6.07 Å². The Labute approximate surface area is 92.0 Å². The predicted molar refractivity (Wildman–Crippen MR) is 64.6 cm³/mol. The van der Waals surface area contributed by atoms with Gasteiger partial charge in [0, 0.05) is 5.56 Å². The molecular formula is C15H16. The van der Waals surface area contributed by atoms with Gasteiger partial charge in [0.15, 0.2) is 0 Å². The molecule has 0 heteroatoms. The van der Waals surface area contributed by atoms with Crippen molar-refractivity contribution in [1.82, 2.24) is 0 Å². The van der Waals surface area contributed by atoms with E-state index in [1.165, 1.54) is 36.8 Å². The normalized spacial score (nSPS) is 15.1. The van der Waals surface area contributed by atoms with Crippen LogP contribution in [0.3, 0.4) is 0 Å². The third kappa shape index (κ3) is 2.73. The minimum absolute atomic E-state index is 1.16. The molecule has 0 nitrogen and oxygen atoms in total. The van der Waals surface area contributed by atoms with Gasteiger partial charge in [-0.3, -0.25) is 0 Å². The molecule has 76 valence electrons. The smallest absolute Gasteiger partial charge is 0.0278 e. The van der Waals surface area contributed by atoms with Crippen LogP contribution < -0.4 is 0 Å². The zero-order chi connectivity index (χ0) is 10.5. The third-order valence-electron chi connectivity index (χ3n) is 2.79. The topological polar surface area (TPSA) is 0 Å². The summed E-state index contributed by atoms with van der Waals surface area (Å²) >= 11 is 0. The van der Waals surface area contributed by atoms with E-state index >= 15 is 0 Å². The number of hydrogen-bond acceptors (Lipinski definition) is 0. The summed E-state index contributed by atoms with van der Waals surface area (Å²) in [5.41, 5.74) is 3.75. The SMILES string of the molecule is Cc1ccccc1C#CC1=CCCCC1. The van der Waals surface area contributed by atoms with Gasteiger partial charge in [-0.25, -0.2) is 0 Å². The molecule has 1 aromatic rings. The van der Waals surface area contributed by atoms with Gasteiger partial charge in [-0.05, 0) is 49.8 Å². The molecule has 0 atom stereocenters. The number of aryl methyl sites for hydroxylation is 1. The van der Waals surface area contributed by atoms with Crippen molar-refractivity contribution in [3.63, 3.8) is 0 Å². The summed E-state index contributed by atoms with van der Waals surface area (Å²) in [5.74, 6) is 6.55. The van der Waals surface area contributed by atoms with E-state index < -0.39 is 0 Å². The lowest BCUT2D eigenvalue weighted by atomic mass is 9.99. The van der Waals surface area contributed by atoms with Crippen LogP contribution in [0.1, 0.15) is 36.8 Å². The highest BCUT2D eigenvalue weighted by molar-refractivity contribution is 5.44. The van der Waals surface area contributed by atoms with Gasteiger partial charge in [-0.1, -0.05) is 36.1 Å². The Hall–Kier alpha value is -1.48. The van der Waals surface area contributed by atoms with Gasteiger partial charge >= 0.3 is 0 Å². The first-order valence-corrected chi connectivity index (χ1v) is 5.63. The van der Waals surface area contributed by atoms with Crippen LogP contribution in [-0.4, -0.2) is 0 Å². The quantitative estimate of drug-likeness (QED) is 0.553. The summed E-state index contributed by atoms with van der Waals surface area (Å²) < 4.78 is 0. The molecule has 1 aliphatic carbocycles. The Morgan fingerprint density at radius 3 is 2.67 bits per heavy atom. The fourth-order valence-electron chi connectivity index (χ4n) is 1.81. The molecule has 0 bridgehead atoms. The van der Waals surface area contributed by atoms with Crippen molar-refractivity contribution in [3.05, 3.63) is 47.0 Å². The van der Waals surface area contributed by atoms with Crippen molar-refractivity contribution in [3.8, 4) is 11.8 Å². The van der Waals surface area contributed by atoms with E-state index in [1.54, 1.807) is 0 Å². The molecule has 0 aromatic heterocycles. The molecule has 15 heavy (non-hydrogen) atoms. The Morgan fingerprint density at radius 2 is 1.93 bits per heavy atom.